The molecule has 1 unspecified atom stereocenters. The number of hydrogen-bond acceptors (Lipinski definition) is 6. The molecule has 0 amide bonds. The summed E-state index contributed by atoms with van der Waals surface area (Å²) in [6, 6.07) is 0. The first-order valence-corrected chi connectivity index (χ1v) is 8.25. The molecule has 0 radical (unpaired) electrons. The fraction of sp³-hybridized carbons (Fsp3) is 0.706. The minimum Gasteiger partial charge on any atom is -0.466 e. The molecule has 2 rings (SSSR count). The molecule has 0 aromatic heterocycles. The molecule has 23 heavy (non-hydrogen) atoms. The first kappa shape index (κ1) is 19.2. The molecule has 2 aliphatic rings. The van der Waals surface area contributed by atoms with Crippen molar-refractivity contribution in [3.63, 3.8) is 0 Å². The highest BCUT2D eigenvalue weighted by Crippen LogP contribution is 2.18. The van der Waals surface area contributed by atoms with Gasteiger partial charge in [-0.2, -0.15) is 0 Å². The Morgan fingerprint density at radius 2 is 1.87 bits per heavy atom. The van der Waals surface area contributed by atoms with Gasteiger partial charge in [0, 0.05) is 12.5 Å². The van der Waals surface area contributed by atoms with Gasteiger partial charge < -0.3 is 14.2 Å². The highest BCUT2D eigenvalue weighted by molar-refractivity contribution is 5.81. The summed E-state index contributed by atoms with van der Waals surface area (Å²) in [5.41, 5.74) is 0. The number of carbonyl (C=O) groups is 3. The minimum atomic E-state index is -0.447. The Bertz CT molecular complexity index is 394. The van der Waals surface area contributed by atoms with Crippen molar-refractivity contribution in [1.29, 1.82) is 0 Å². The van der Waals surface area contributed by atoms with E-state index < -0.39 is 5.97 Å². The van der Waals surface area contributed by atoms with Crippen molar-refractivity contribution in [3.8, 4) is 0 Å². The second-order valence-electron chi connectivity index (χ2n) is 5.55. The molecule has 0 saturated carbocycles. The quantitative estimate of drug-likeness (QED) is 0.449. The van der Waals surface area contributed by atoms with Crippen molar-refractivity contribution >= 4 is 17.9 Å². The van der Waals surface area contributed by atoms with Crippen LogP contribution < -0.4 is 0 Å². The second-order valence-corrected chi connectivity index (χ2v) is 5.55. The van der Waals surface area contributed by atoms with Crippen molar-refractivity contribution in [3.05, 3.63) is 12.7 Å². The van der Waals surface area contributed by atoms with Crippen molar-refractivity contribution in [2.45, 2.75) is 51.4 Å². The van der Waals surface area contributed by atoms with Crippen LogP contribution in [0.5, 0.6) is 0 Å². The molecule has 0 aromatic rings. The number of cyclic esters (lactones) is 2. The Morgan fingerprint density at radius 1 is 1.13 bits per heavy atom. The Balaban J connectivity index is 0.000000277. The van der Waals surface area contributed by atoms with Crippen LogP contribution in [0.15, 0.2) is 12.7 Å². The molecule has 6 heteroatoms. The molecular weight excluding hydrogens is 300 g/mol. The average Bonchev–Trinajstić information content (AvgIpc) is 2.91. The highest BCUT2D eigenvalue weighted by Gasteiger charge is 2.22. The molecule has 2 heterocycles. The number of rotatable bonds is 4. The zero-order chi connectivity index (χ0) is 16.9. The second kappa shape index (κ2) is 11.7. The van der Waals surface area contributed by atoms with E-state index in [0.29, 0.717) is 26.1 Å². The van der Waals surface area contributed by atoms with Gasteiger partial charge in [0.1, 0.15) is 0 Å². The summed E-state index contributed by atoms with van der Waals surface area (Å²) >= 11 is 0. The zero-order valence-corrected chi connectivity index (χ0v) is 13.6. The molecule has 0 N–H and O–H groups in total. The van der Waals surface area contributed by atoms with Gasteiger partial charge in [-0.1, -0.05) is 6.58 Å². The first-order chi connectivity index (χ1) is 11.1. The molecule has 2 fully saturated rings. The van der Waals surface area contributed by atoms with Crippen LogP contribution in [0.4, 0.5) is 0 Å². The molecule has 0 aliphatic carbocycles. The van der Waals surface area contributed by atoms with Crippen LogP contribution in [-0.4, -0.2) is 37.7 Å². The van der Waals surface area contributed by atoms with Crippen LogP contribution in [0.3, 0.4) is 0 Å². The number of carbonyl (C=O) groups excluding carboxylic acids is 3. The van der Waals surface area contributed by atoms with E-state index >= 15 is 0 Å². The summed E-state index contributed by atoms with van der Waals surface area (Å²) in [6.07, 6.45) is 8.23. The van der Waals surface area contributed by atoms with Gasteiger partial charge in [-0.25, -0.2) is 4.79 Å². The lowest BCUT2D eigenvalue weighted by Gasteiger charge is -2.11. The predicted molar refractivity (Wildman–Crippen MR) is 83.5 cm³/mol. The van der Waals surface area contributed by atoms with Crippen molar-refractivity contribution in [2.24, 2.45) is 5.92 Å². The molecule has 1 atom stereocenters. The maximum Gasteiger partial charge on any atom is 0.330 e. The molecule has 130 valence electrons. The van der Waals surface area contributed by atoms with Gasteiger partial charge in [0.25, 0.3) is 0 Å². The maximum absolute atomic E-state index is 11.4. The number of esters is 3. The highest BCUT2D eigenvalue weighted by atomic mass is 16.5. The van der Waals surface area contributed by atoms with Crippen molar-refractivity contribution in [2.75, 3.05) is 19.8 Å². The topological polar surface area (TPSA) is 78.9 Å². The summed E-state index contributed by atoms with van der Waals surface area (Å²) < 4.78 is 14.6. The summed E-state index contributed by atoms with van der Waals surface area (Å²) in [7, 11) is 0. The van der Waals surface area contributed by atoms with E-state index in [-0.39, 0.29) is 24.5 Å². The maximum atomic E-state index is 11.4. The zero-order valence-electron chi connectivity index (χ0n) is 13.6. The van der Waals surface area contributed by atoms with Crippen molar-refractivity contribution < 1.29 is 28.6 Å². The van der Waals surface area contributed by atoms with E-state index in [0.717, 1.165) is 44.6 Å². The van der Waals surface area contributed by atoms with Crippen LogP contribution >= 0.6 is 0 Å². The summed E-state index contributed by atoms with van der Waals surface area (Å²) in [6.45, 7) is 4.70. The average molecular weight is 326 g/mol. The predicted octanol–water partition coefficient (Wildman–Crippen LogP) is 2.55. The first-order valence-electron chi connectivity index (χ1n) is 8.25. The van der Waals surface area contributed by atoms with Crippen LogP contribution in [0, 0.1) is 5.92 Å². The lowest BCUT2D eigenvalue weighted by molar-refractivity contribution is -0.149. The molecule has 0 aromatic carbocycles. The summed E-state index contributed by atoms with van der Waals surface area (Å²) in [5, 5.41) is 0. The Labute approximate surface area is 137 Å². The smallest absolute Gasteiger partial charge is 0.330 e. The monoisotopic (exact) mass is 326 g/mol. The lowest BCUT2D eigenvalue weighted by atomic mass is 10.0. The molecule has 0 bridgehead atoms. The van der Waals surface area contributed by atoms with Crippen LogP contribution in [-0.2, 0) is 28.6 Å². The molecular formula is C17H26O6. The SMILES string of the molecule is C=CC(=O)OCCC1CCCCOC1=O.O=C1CCCCCO1. The van der Waals surface area contributed by atoms with Gasteiger partial charge in [-0.3, -0.25) is 9.59 Å². The largest absolute Gasteiger partial charge is 0.466 e. The van der Waals surface area contributed by atoms with Crippen LogP contribution in [0.2, 0.25) is 0 Å². The third-order valence-electron chi connectivity index (χ3n) is 3.69. The number of ether oxygens (including phenoxy) is 3. The third-order valence-corrected chi connectivity index (χ3v) is 3.69. The van der Waals surface area contributed by atoms with Crippen LogP contribution in [0.1, 0.15) is 51.4 Å². The fourth-order valence-corrected chi connectivity index (χ4v) is 2.33. The van der Waals surface area contributed by atoms with Crippen LogP contribution in [0.25, 0.3) is 0 Å². The van der Waals surface area contributed by atoms with E-state index in [9.17, 15) is 14.4 Å². The molecule has 2 saturated heterocycles. The van der Waals surface area contributed by atoms with E-state index in [4.69, 9.17) is 14.2 Å². The van der Waals surface area contributed by atoms with E-state index in [2.05, 4.69) is 6.58 Å². The van der Waals surface area contributed by atoms with Gasteiger partial charge in [-0.05, 0) is 44.9 Å². The van der Waals surface area contributed by atoms with Gasteiger partial charge in [0.2, 0.25) is 0 Å². The van der Waals surface area contributed by atoms with E-state index in [1.54, 1.807) is 0 Å². The molecule has 2 aliphatic heterocycles. The third kappa shape index (κ3) is 9.01. The minimum absolute atomic E-state index is 0.0255. The molecule has 0 spiro atoms. The van der Waals surface area contributed by atoms with E-state index in [1.807, 2.05) is 0 Å². The summed E-state index contributed by atoms with van der Waals surface area (Å²) in [4.78, 5) is 32.6. The van der Waals surface area contributed by atoms with Gasteiger partial charge in [0.15, 0.2) is 0 Å². The lowest BCUT2D eigenvalue weighted by Crippen LogP contribution is -2.18. The number of hydrogen-bond donors (Lipinski definition) is 0. The Morgan fingerprint density at radius 3 is 2.65 bits per heavy atom. The van der Waals surface area contributed by atoms with E-state index in [1.165, 1.54) is 0 Å². The molecule has 6 nitrogen and oxygen atoms in total. The van der Waals surface area contributed by atoms with Gasteiger partial charge >= 0.3 is 17.9 Å². The summed E-state index contributed by atoms with van der Waals surface area (Å²) in [5.74, 6) is -0.758. The fourth-order valence-electron chi connectivity index (χ4n) is 2.33. The Hall–Kier alpha value is -1.85. The Kier molecular flexibility index (Phi) is 9.75. The van der Waals surface area contributed by atoms with Gasteiger partial charge in [-0.15, -0.1) is 0 Å². The standard InChI is InChI=1S/C11H16O4.C6H10O2/c1-2-10(12)14-8-6-9-5-3-4-7-15-11(9)13;7-6-4-2-1-3-5-8-6/h2,9H,1,3-8H2;1-5H2. The van der Waals surface area contributed by atoms with Gasteiger partial charge in [0.05, 0.1) is 25.7 Å². The normalized spacial score (nSPS) is 21.5. The van der Waals surface area contributed by atoms with Crippen molar-refractivity contribution in [1.82, 2.24) is 0 Å².